The zero-order chi connectivity index (χ0) is 16.7. The van der Waals surface area contributed by atoms with Gasteiger partial charge in [0, 0.05) is 4.88 Å². The number of benzene rings is 1. The van der Waals surface area contributed by atoms with Crippen molar-refractivity contribution in [2.45, 2.75) is 33.1 Å². The minimum Gasteiger partial charge on any atom is -0.483 e. The molecule has 0 aliphatic heterocycles. The molecule has 1 aromatic heterocycles. The third-order valence-corrected chi connectivity index (χ3v) is 4.63. The van der Waals surface area contributed by atoms with Gasteiger partial charge < -0.3 is 4.74 Å². The molecule has 1 atom stereocenters. The molecule has 2 aromatic rings. The van der Waals surface area contributed by atoms with Crippen LogP contribution in [0.2, 0.25) is 0 Å². The van der Waals surface area contributed by atoms with E-state index in [-0.39, 0.29) is 12.5 Å². The molecule has 0 fully saturated rings. The van der Waals surface area contributed by atoms with Crippen LogP contribution in [0, 0.1) is 0 Å². The van der Waals surface area contributed by atoms with Gasteiger partial charge in [-0.2, -0.15) is 5.10 Å². The number of hydrazone groups is 1. The van der Waals surface area contributed by atoms with Crippen LogP contribution >= 0.6 is 11.3 Å². The van der Waals surface area contributed by atoms with Gasteiger partial charge in [-0.05, 0) is 42.3 Å². The first kappa shape index (κ1) is 17.2. The Morgan fingerprint density at radius 2 is 2.09 bits per heavy atom. The monoisotopic (exact) mass is 330 g/mol. The van der Waals surface area contributed by atoms with Gasteiger partial charge in [0.25, 0.3) is 5.91 Å². The average Bonchev–Trinajstić information content (AvgIpc) is 3.12. The first-order valence-electron chi connectivity index (χ1n) is 7.70. The molecule has 0 aliphatic carbocycles. The quantitative estimate of drug-likeness (QED) is 0.611. The molecular weight excluding hydrogens is 308 g/mol. The lowest BCUT2D eigenvalue weighted by atomic mass is 9.98. The Balaban J connectivity index is 1.91. The van der Waals surface area contributed by atoms with Gasteiger partial charge in [-0.3, -0.25) is 4.79 Å². The Labute approximate surface area is 141 Å². The number of rotatable bonds is 7. The molecule has 0 saturated heterocycles. The minimum absolute atomic E-state index is 0.0470. The number of hydrogen-bond donors (Lipinski definition) is 1. The predicted octanol–water partition coefficient (Wildman–Crippen LogP) is 4.18. The second-order valence-electron chi connectivity index (χ2n) is 5.35. The van der Waals surface area contributed by atoms with Crippen molar-refractivity contribution in [3.63, 3.8) is 0 Å². The van der Waals surface area contributed by atoms with Crippen LogP contribution in [-0.2, 0) is 4.79 Å². The Hall–Kier alpha value is -2.14. The van der Waals surface area contributed by atoms with Crippen molar-refractivity contribution in [1.82, 2.24) is 5.43 Å². The van der Waals surface area contributed by atoms with Crippen LogP contribution < -0.4 is 10.2 Å². The summed E-state index contributed by atoms with van der Waals surface area (Å²) in [6.07, 6.45) is 1.02. The van der Waals surface area contributed by atoms with Crippen LogP contribution in [0.25, 0.3) is 0 Å². The Kier molecular flexibility index (Phi) is 6.35. The van der Waals surface area contributed by atoms with Gasteiger partial charge >= 0.3 is 0 Å². The molecule has 0 aliphatic rings. The van der Waals surface area contributed by atoms with E-state index in [2.05, 4.69) is 24.4 Å². The fourth-order valence-electron chi connectivity index (χ4n) is 2.10. The summed E-state index contributed by atoms with van der Waals surface area (Å²) in [5.41, 5.74) is 4.45. The summed E-state index contributed by atoms with van der Waals surface area (Å²) in [5.74, 6) is 0.893. The van der Waals surface area contributed by atoms with Crippen molar-refractivity contribution in [1.29, 1.82) is 0 Å². The number of carbonyl (C=O) groups is 1. The molecule has 23 heavy (non-hydrogen) atoms. The summed E-state index contributed by atoms with van der Waals surface area (Å²) < 4.78 is 5.67. The predicted molar refractivity (Wildman–Crippen MR) is 95.3 cm³/mol. The molecule has 1 heterocycles. The highest BCUT2D eigenvalue weighted by atomic mass is 32.1. The molecular formula is C18H22N2O2S. The molecule has 1 unspecified atom stereocenters. The fourth-order valence-corrected chi connectivity index (χ4v) is 2.78. The molecule has 4 nitrogen and oxygen atoms in total. The number of nitrogens with zero attached hydrogens (tertiary/aromatic N) is 1. The molecule has 1 amide bonds. The van der Waals surface area contributed by atoms with Gasteiger partial charge in [0.15, 0.2) is 6.61 Å². The average molecular weight is 330 g/mol. The van der Waals surface area contributed by atoms with E-state index in [1.54, 1.807) is 11.3 Å². The van der Waals surface area contributed by atoms with Crippen molar-refractivity contribution >= 4 is 23.0 Å². The zero-order valence-corrected chi connectivity index (χ0v) is 14.5. The lowest BCUT2D eigenvalue weighted by Crippen LogP contribution is -2.25. The Bertz CT molecular complexity index is 665. The topological polar surface area (TPSA) is 50.7 Å². The summed E-state index contributed by atoms with van der Waals surface area (Å²) >= 11 is 1.59. The van der Waals surface area contributed by atoms with Gasteiger partial charge in [-0.1, -0.05) is 38.1 Å². The van der Waals surface area contributed by atoms with Crippen molar-refractivity contribution in [3.8, 4) is 5.75 Å². The van der Waals surface area contributed by atoms with Crippen LogP contribution in [0.3, 0.4) is 0 Å². The second kappa shape index (κ2) is 8.48. The maximum atomic E-state index is 11.9. The molecule has 2 rings (SSSR count). The number of thiophene rings is 1. The summed E-state index contributed by atoms with van der Waals surface area (Å²) in [7, 11) is 0. The molecule has 5 heteroatoms. The lowest BCUT2D eigenvalue weighted by Gasteiger charge is -2.15. The highest BCUT2D eigenvalue weighted by molar-refractivity contribution is 7.12. The number of nitrogens with one attached hydrogen (secondary N) is 1. The largest absolute Gasteiger partial charge is 0.483 e. The van der Waals surface area contributed by atoms with E-state index in [1.165, 1.54) is 0 Å². The molecule has 1 aromatic carbocycles. The maximum absolute atomic E-state index is 11.9. The fraction of sp³-hybridized carbons (Fsp3) is 0.333. The van der Waals surface area contributed by atoms with Crippen molar-refractivity contribution in [3.05, 3.63) is 52.2 Å². The molecule has 0 saturated carbocycles. The summed E-state index contributed by atoms with van der Waals surface area (Å²) in [6.45, 7) is 6.10. The number of carbonyl (C=O) groups excluding carboxylic acids is 1. The molecule has 0 spiro atoms. The maximum Gasteiger partial charge on any atom is 0.277 e. The summed E-state index contributed by atoms with van der Waals surface area (Å²) in [6, 6.07) is 11.8. The third kappa shape index (κ3) is 4.93. The smallest absolute Gasteiger partial charge is 0.277 e. The normalized spacial score (nSPS) is 12.7. The van der Waals surface area contributed by atoms with Gasteiger partial charge in [-0.15, -0.1) is 11.3 Å². The van der Waals surface area contributed by atoms with E-state index in [9.17, 15) is 4.79 Å². The second-order valence-corrected chi connectivity index (χ2v) is 6.29. The number of ether oxygens (including phenoxy) is 1. The SMILES string of the molecule is CCC(C)c1ccccc1OCC(=O)NN=C(C)c1cccs1. The van der Waals surface area contributed by atoms with Crippen molar-refractivity contribution in [2.24, 2.45) is 5.10 Å². The molecule has 0 radical (unpaired) electrons. The first-order chi connectivity index (χ1) is 11.1. The molecule has 122 valence electrons. The number of amides is 1. The molecule has 0 bridgehead atoms. The molecule has 1 N–H and O–H groups in total. The van der Waals surface area contributed by atoms with Crippen molar-refractivity contribution < 1.29 is 9.53 Å². The van der Waals surface area contributed by atoms with Crippen LogP contribution in [0.5, 0.6) is 5.75 Å². The number of para-hydroxylation sites is 1. The van der Waals surface area contributed by atoms with Crippen LogP contribution in [0.4, 0.5) is 0 Å². The summed E-state index contributed by atoms with van der Waals surface area (Å²) in [5, 5.41) is 6.08. The van der Waals surface area contributed by atoms with Crippen LogP contribution in [0.15, 0.2) is 46.9 Å². The van der Waals surface area contributed by atoms with E-state index in [0.717, 1.165) is 28.3 Å². The highest BCUT2D eigenvalue weighted by Crippen LogP contribution is 2.28. The van der Waals surface area contributed by atoms with E-state index < -0.39 is 0 Å². The zero-order valence-electron chi connectivity index (χ0n) is 13.7. The summed E-state index contributed by atoms with van der Waals surface area (Å²) in [4.78, 5) is 12.9. The Morgan fingerprint density at radius 3 is 2.78 bits per heavy atom. The van der Waals surface area contributed by atoms with Gasteiger partial charge in [0.1, 0.15) is 5.75 Å². The van der Waals surface area contributed by atoms with Crippen LogP contribution in [-0.4, -0.2) is 18.2 Å². The standard InChI is InChI=1S/C18H22N2O2S/c1-4-13(2)15-8-5-6-9-16(15)22-12-18(21)20-19-14(3)17-10-7-11-23-17/h5-11,13H,4,12H2,1-3H3,(H,20,21). The highest BCUT2D eigenvalue weighted by Gasteiger charge is 2.11. The van der Waals surface area contributed by atoms with E-state index in [0.29, 0.717) is 5.92 Å². The third-order valence-electron chi connectivity index (χ3n) is 3.65. The first-order valence-corrected chi connectivity index (χ1v) is 8.58. The van der Waals surface area contributed by atoms with Crippen LogP contribution in [0.1, 0.15) is 43.6 Å². The van der Waals surface area contributed by atoms with Gasteiger partial charge in [-0.25, -0.2) is 5.43 Å². The minimum atomic E-state index is -0.264. The van der Waals surface area contributed by atoms with E-state index in [4.69, 9.17) is 4.74 Å². The van der Waals surface area contributed by atoms with Gasteiger partial charge in [0.05, 0.1) is 5.71 Å². The lowest BCUT2D eigenvalue weighted by molar-refractivity contribution is -0.123. The van der Waals surface area contributed by atoms with Gasteiger partial charge in [0.2, 0.25) is 0 Å². The number of hydrogen-bond acceptors (Lipinski definition) is 4. The van der Waals surface area contributed by atoms with E-state index in [1.807, 2.05) is 48.7 Å². The Morgan fingerprint density at radius 1 is 1.30 bits per heavy atom. The van der Waals surface area contributed by atoms with E-state index >= 15 is 0 Å². The van der Waals surface area contributed by atoms with Crippen molar-refractivity contribution in [2.75, 3.05) is 6.61 Å².